The Hall–Kier alpha value is -2.06. The minimum Gasteiger partial charge on any atom is -0.493 e. The molecule has 1 unspecified atom stereocenters. The van der Waals surface area contributed by atoms with Gasteiger partial charge in [0.15, 0.2) is 0 Å². The maximum absolute atomic E-state index is 11.9. The standard InChI is InChI=1S/C15H21N3O2/c1-12(7-9-17)15(19)18-13-5-4-6-14(11-13)20-10-3-2-8-16/h4-6,11-12H,2-3,7,9-10,17H2,1H3,(H,18,19). The molecule has 0 aromatic heterocycles. The van der Waals surface area contributed by atoms with Crippen molar-refractivity contribution in [2.45, 2.75) is 26.2 Å². The third kappa shape index (κ3) is 5.72. The average molecular weight is 275 g/mol. The van der Waals surface area contributed by atoms with Crippen molar-refractivity contribution in [3.63, 3.8) is 0 Å². The van der Waals surface area contributed by atoms with E-state index in [4.69, 9.17) is 15.7 Å². The van der Waals surface area contributed by atoms with E-state index in [-0.39, 0.29) is 11.8 Å². The summed E-state index contributed by atoms with van der Waals surface area (Å²) >= 11 is 0. The number of rotatable bonds is 8. The maximum Gasteiger partial charge on any atom is 0.227 e. The van der Waals surface area contributed by atoms with Crippen LogP contribution in [0.4, 0.5) is 5.69 Å². The lowest BCUT2D eigenvalue weighted by molar-refractivity contribution is -0.119. The predicted octanol–water partition coefficient (Wildman–Crippen LogP) is 2.29. The van der Waals surface area contributed by atoms with Crippen LogP contribution in [0.25, 0.3) is 0 Å². The van der Waals surface area contributed by atoms with Crippen LogP contribution in [0.3, 0.4) is 0 Å². The number of nitrogens with zero attached hydrogens (tertiary/aromatic N) is 1. The molecule has 3 N–H and O–H groups in total. The summed E-state index contributed by atoms with van der Waals surface area (Å²) in [5.74, 6) is 0.532. The van der Waals surface area contributed by atoms with E-state index in [2.05, 4.69) is 11.4 Å². The van der Waals surface area contributed by atoms with Gasteiger partial charge in [-0.1, -0.05) is 13.0 Å². The fourth-order valence-corrected chi connectivity index (χ4v) is 1.65. The van der Waals surface area contributed by atoms with Gasteiger partial charge >= 0.3 is 0 Å². The number of nitrogens with two attached hydrogens (primary N) is 1. The number of carbonyl (C=O) groups excluding carboxylic acids is 1. The smallest absolute Gasteiger partial charge is 0.227 e. The second-order valence-electron chi connectivity index (χ2n) is 4.61. The van der Waals surface area contributed by atoms with Gasteiger partial charge in [0.25, 0.3) is 0 Å². The molecule has 1 rings (SSSR count). The first-order valence-corrected chi connectivity index (χ1v) is 6.78. The maximum atomic E-state index is 11.9. The van der Waals surface area contributed by atoms with Gasteiger partial charge in [-0.15, -0.1) is 0 Å². The quantitative estimate of drug-likeness (QED) is 0.712. The van der Waals surface area contributed by atoms with Gasteiger partial charge in [-0.3, -0.25) is 4.79 Å². The monoisotopic (exact) mass is 275 g/mol. The van der Waals surface area contributed by atoms with Crippen LogP contribution in [0, 0.1) is 17.2 Å². The summed E-state index contributed by atoms with van der Waals surface area (Å²) in [5, 5.41) is 11.3. The molecule has 0 aliphatic rings. The summed E-state index contributed by atoms with van der Waals surface area (Å²) in [4.78, 5) is 11.9. The van der Waals surface area contributed by atoms with Gasteiger partial charge in [0, 0.05) is 24.1 Å². The molecule has 1 amide bonds. The summed E-state index contributed by atoms with van der Waals surface area (Å²) in [7, 11) is 0. The topological polar surface area (TPSA) is 88.1 Å². The fourth-order valence-electron chi connectivity index (χ4n) is 1.65. The number of carbonyl (C=O) groups is 1. The molecule has 0 saturated carbocycles. The van der Waals surface area contributed by atoms with Crippen molar-refractivity contribution in [1.82, 2.24) is 0 Å². The lowest BCUT2D eigenvalue weighted by Gasteiger charge is -2.12. The number of unbranched alkanes of at least 4 members (excludes halogenated alkanes) is 1. The van der Waals surface area contributed by atoms with E-state index >= 15 is 0 Å². The SMILES string of the molecule is CC(CCN)C(=O)Nc1cccc(OCCCC#N)c1. The highest BCUT2D eigenvalue weighted by Crippen LogP contribution is 2.18. The molecule has 0 aliphatic heterocycles. The molecule has 5 heteroatoms. The van der Waals surface area contributed by atoms with E-state index in [0.717, 1.165) is 0 Å². The largest absolute Gasteiger partial charge is 0.493 e. The van der Waals surface area contributed by atoms with Crippen LogP contribution >= 0.6 is 0 Å². The first-order chi connectivity index (χ1) is 9.67. The number of hydrogen-bond acceptors (Lipinski definition) is 4. The van der Waals surface area contributed by atoms with Crippen LogP contribution < -0.4 is 15.8 Å². The summed E-state index contributed by atoms with van der Waals surface area (Å²) in [6.07, 6.45) is 1.84. The first-order valence-electron chi connectivity index (χ1n) is 6.78. The van der Waals surface area contributed by atoms with Gasteiger partial charge in [0.1, 0.15) is 5.75 Å². The van der Waals surface area contributed by atoms with E-state index in [1.165, 1.54) is 0 Å². The summed E-state index contributed by atoms with van der Waals surface area (Å²) in [6.45, 7) is 2.84. The number of nitrogens with one attached hydrogen (secondary N) is 1. The number of hydrogen-bond donors (Lipinski definition) is 2. The van der Waals surface area contributed by atoms with Gasteiger partial charge in [-0.05, 0) is 31.5 Å². The second-order valence-corrected chi connectivity index (χ2v) is 4.61. The molecule has 108 valence electrons. The Balaban J connectivity index is 2.51. The van der Waals surface area contributed by atoms with Gasteiger partial charge in [-0.25, -0.2) is 0 Å². The van der Waals surface area contributed by atoms with Crippen LogP contribution in [0.15, 0.2) is 24.3 Å². The molecule has 20 heavy (non-hydrogen) atoms. The summed E-state index contributed by atoms with van der Waals surface area (Å²) < 4.78 is 5.52. The summed E-state index contributed by atoms with van der Waals surface area (Å²) in [5.41, 5.74) is 6.15. The number of anilines is 1. The van der Waals surface area contributed by atoms with Crippen molar-refractivity contribution < 1.29 is 9.53 Å². The van der Waals surface area contributed by atoms with Crippen LogP contribution in [0.2, 0.25) is 0 Å². The third-order valence-electron chi connectivity index (χ3n) is 2.85. The Morgan fingerprint density at radius 3 is 3.05 bits per heavy atom. The van der Waals surface area contributed by atoms with E-state index in [0.29, 0.717) is 43.9 Å². The summed E-state index contributed by atoms with van der Waals surface area (Å²) in [6, 6.07) is 9.31. The number of nitriles is 1. The first kappa shape index (κ1) is 16.0. The molecule has 1 aromatic carbocycles. The number of benzene rings is 1. The van der Waals surface area contributed by atoms with Crippen molar-refractivity contribution in [1.29, 1.82) is 5.26 Å². The molecule has 0 bridgehead atoms. The molecule has 0 heterocycles. The number of amides is 1. The van der Waals surface area contributed by atoms with Crippen LogP contribution in [-0.4, -0.2) is 19.1 Å². The molecule has 0 fully saturated rings. The van der Waals surface area contributed by atoms with Crippen molar-refractivity contribution in [2.24, 2.45) is 11.7 Å². The fraction of sp³-hybridized carbons (Fsp3) is 0.467. The second kappa shape index (κ2) is 8.94. The molecule has 1 aromatic rings. The molecule has 0 saturated heterocycles. The van der Waals surface area contributed by atoms with E-state index in [1.807, 2.05) is 25.1 Å². The molecule has 1 atom stereocenters. The Bertz CT molecular complexity index is 468. The lowest BCUT2D eigenvalue weighted by atomic mass is 10.1. The van der Waals surface area contributed by atoms with E-state index < -0.39 is 0 Å². The molecule has 5 nitrogen and oxygen atoms in total. The van der Waals surface area contributed by atoms with Crippen molar-refractivity contribution in [2.75, 3.05) is 18.5 Å². The zero-order valence-electron chi connectivity index (χ0n) is 11.8. The van der Waals surface area contributed by atoms with Gasteiger partial charge < -0.3 is 15.8 Å². The van der Waals surface area contributed by atoms with Gasteiger partial charge in [0.2, 0.25) is 5.91 Å². The average Bonchev–Trinajstić information content (AvgIpc) is 2.44. The minimum atomic E-state index is -0.111. The van der Waals surface area contributed by atoms with Crippen LogP contribution in [-0.2, 0) is 4.79 Å². The van der Waals surface area contributed by atoms with Gasteiger partial charge in [-0.2, -0.15) is 5.26 Å². The van der Waals surface area contributed by atoms with Crippen molar-refractivity contribution in [3.8, 4) is 11.8 Å². The lowest BCUT2D eigenvalue weighted by Crippen LogP contribution is -2.22. The predicted molar refractivity (Wildman–Crippen MR) is 78.2 cm³/mol. The Morgan fingerprint density at radius 2 is 2.35 bits per heavy atom. The highest BCUT2D eigenvalue weighted by atomic mass is 16.5. The van der Waals surface area contributed by atoms with E-state index in [1.54, 1.807) is 6.07 Å². The van der Waals surface area contributed by atoms with Crippen LogP contribution in [0.1, 0.15) is 26.2 Å². The Morgan fingerprint density at radius 1 is 1.55 bits per heavy atom. The zero-order chi connectivity index (χ0) is 14.8. The van der Waals surface area contributed by atoms with Gasteiger partial charge in [0.05, 0.1) is 12.7 Å². The third-order valence-corrected chi connectivity index (χ3v) is 2.85. The van der Waals surface area contributed by atoms with Crippen molar-refractivity contribution in [3.05, 3.63) is 24.3 Å². The Labute approximate surface area is 119 Å². The van der Waals surface area contributed by atoms with E-state index in [9.17, 15) is 4.79 Å². The molecule has 0 spiro atoms. The molecular weight excluding hydrogens is 254 g/mol. The molecule has 0 radical (unpaired) electrons. The highest BCUT2D eigenvalue weighted by molar-refractivity contribution is 5.92. The minimum absolute atomic E-state index is 0.0444. The van der Waals surface area contributed by atoms with Crippen molar-refractivity contribution >= 4 is 11.6 Å². The molecular formula is C15H21N3O2. The zero-order valence-corrected chi connectivity index (χ0v) is 11.8. The normalized spacial score (nSPS) is 11.4. The Kier molecular flexibility index (Phi) is 7.15. The highest BCUT2D eigenvalue weighted by Gasteiger charge is 2.12. The van der Waals surface area contributed by atoms with Crippen LogP contribution in [0.5, 0.6) is 5.75 Å². The molecule has 0 aliphatic carbocycles. The number of ether oxygens (including phenoxy) is 1.